The average Bonchev–Trinajstić information content (AvgIpc) is 2.16. The van der Waals surface area contributed by atoms with Gasteiger partial charge >= 0.3 is 0 Å². The Morgan fingerprint density at radius 1 is 1.15 bits per heavy atom. The van der Waals surface area contributed by atoms with Crippen molar-refractivity contribution in [2.24, 2.45) is 5.73 Å². The maximum absolute atomic E-state index is 5.88. The summed E-state index contributed by atoms with van der Waals surface area (Å²) in [5, 5.41) is 3.10. The maximum atomic E-state index is 5.88. The van der Waals surface area contributed by atoms with Gasteiger partial charge in [0.2, 0.25) is 0 Å². The molecule has 0 aliphatic rings. The van der Waals surface area contributed by atoms with E-state index in [-0.39, 0.29) is 0 Å². The van der Waals surface area contributed by atoms with E-state index >= 15 is 0 Å². The highest BCUT2D eigenvalue weighted by molar-refractivity contribution is 6.31. The Morgan fingerprint density at radius 3 is 2.77 bits per heavy atom. The van der Waals surface area contributed by atoms with Crippen molar-refractivity contribution in [3.05, 3.63) is 47.0 Å². The largest absolute Gasteiger partial charge is 0.326 e. The predicted octanol–water partition coefficient (Wildman–Crippen LogP) is 2.95. The first-order chi connectivity index (χ1) is 6.31. The second-order valence-corrected chi connectivity index (χ2v) is 3.42. The Kier molecular flexibility index (Phi) is 2.21. The zero-order valence-electron chi connectivity index (χ0n) is 7.13. The topological polar surface area (TPSA) is 26.0 Å². The molecule has 2 N–H and O–H groups in total. The van der Waals surface area contributed by atoms with Gasteiger partial charge in [0, 0.05) is 11.6 Å². The molecule has 0 fully saturated rings. The highest BCUT2D eigenvalue weighted by Gasteiger charge is 1.98. The van der Waals surface area contributed by atoms with Crippen molar-refractivity contribution >= 4 is 22.4 Å². The van der Waals surface area contributed by atoms with E-state index in [0.29, 0.717) is 6.54 Å². The summed E-state index contributed by atoms with van der Waals surface area (Å²) in [6.07, 6.45) is 0. The van der Waals surface area contributed by atoms with Gasteiger partial charge in [0.15, 0.2) is 0 Å². The predicted molar refractivity (Wildman–Crippen MR) is 56.8 cm³/mol. The zero-order chi connectivity index (χ0) is 9.26. The van der Waals surface area contributed by atoms with Gasteiger partial charge in [-0.2, -0.15) is 0 Å². The molecule has 13 heavy (non-hydrogen) atoms. The van der Waals surface area contributed by atoms with Gasteiger partial charge in [-0.3, -0.25) is 0 Å². The van der Waals surface area contributed by atoms with Crippen molar-refractivity contribution < 1.29 is 0 Å². The number of hydrogen-bond donors (Lipinski definition) is 1. The molecule has 0 atom stereocenters. The second-order valence-electron chi connectivity index (χ2n) is 2.99. The normalized spacial score (nSPS) is 10.6. The van der Waals surface area contributed by atoms with Crippen LogP contribution in [0.1, 0.15) is 5.56 Å². The summed E-state index contributed by atoms with van der Waals surface area (Å²) >= 11 is 5.88. The van der Waals surface area contributed by atoms with Crippen LogP contribution in [0.4, 0.5) is 0 Å². The van der Waals surface area contributed by atoms with E-state index in [0.717, 1.165) is 16.0 Å². The number of nitrogens with two attached hydrogens (primary N) is 1. The van der Waals surface area contributed by atoms with Crippen molar-refractivity contribution in [2.75, 3.05) is 0 Å². The maximum Gasteiger partial charge on any atom is 0.0412 e. The SMILES string of the molecule is NCc1cccc2cc(Cl)ccc12. The summed E-state index contributed by atoms with van der Waals surface area (Å²) in [5.74, 6) is 0. The number of hydrogen-bond acceptors (Lipinski definition) is 1. The molecule has 0 bridgehead atoms. The van der Waals surface area contributed by atoms with Gasteiger partial charge in [-0.15, -0.1) is 0 Å². The smallest absolute Gasteiger partial charge is 0.0412 e. The molecule has 0 aliphatic carbocycles. The van der Waals surface area contributed by atoms with Crippen LogP contribution in [-0.4, -0.2) is 0 Å². The van der Waals surface area contributed by atoms with E-state index in [1.807, 2.05) is 36.4 Å². The molecule has 2 heteroatoms. The number of benzene rings is 2. The summed E-state index contributed by atoms with van der Waals surface area (Å²) < 4.78 is 0. The molecule has 0 spiro atoms. The molecule has 1 nitrogen and oxygen atoms in total. The van der Waals surface area contributed by atoms with E-state index < -0.39 is 0 Å². The van der Waals surface area contributed by atoms with Crippen LogP contribution in [-0.2, 0) is 6.54 Å². The van der Waals surface area contributed by atoms with Crippen LogP contribution in [0.15, 0.2) is 36.4 Å². The zero-order valence-corrected chi connectivity index (χ0v) is 7.88. The van der Waals surface area contributed by atoms with Crippen LogP contribution >= 0.6 is 11.6 Å². The van der Waals surface area contributed by atoms with Crippen LogP contribution in [0, 0.1) is 0 Å². The van der Waals surface area contributed by atoms with Crippen molar-refractivity contribution in [3.8, 4) is 0 Å². The lowest BCUT2D eigenvalue weighted by Gasteiger charge is -2.03. The molecular formula is C11H10ClN. The van der Waals surface area contributed by atoms with Gasteiger partial charge < -0.3 is 5.73 Å². The van der Waals surface area contributed by atoms with Crippen molar-refractivity contribution in [2.45, 2.75) is 6.54 Å². The van der Waals surface area contributed by atoms with E-state index in [1.54, 1.807) is 0 Å². The first kappa shape index (κ1) is 8.54. The lowest BCUT2D eigenvalue weighted by atomic mass is 10.1. The quantitative estimate of drug-likeness (QED) is 0.737. The molecule has 0 heterocycles. The van der Waals surface area contributed by atoms with Gasteiger partial charge in [0.25, 0.3) is 0 Å². The van der Waals surface area contributed by atoms with E-state index in [1.165, 1.54) is 5.39 Å². The first-order valence-electron chi connectivity index (χ1n) is 4.18. The fraction of sp³-hybridized carbons (Fsp3) is 0.0909. The van der Waals surface area contributed by atoms with Gasteiger partial charge in [-0.05, 0) is 28.5 Å². The molecule has 66 valence electrons. The average molecular weight is 192 g/mol. The Bertz CT molecular complexity index is 437. The Balaban J connectivity index is 2.77. The summed E-state index contributed by atoms with van der Waals surface area (Å²) in [6.45, 7) is 0.568. The van der Waals surface area contributed by atoms with Crippen LogP contribution < -0.4 is 5.73 Å². The lowest BCUT2D eigenvalue weighted by Crippen LogP contribution is -1.96. The molecule has 2 aromatic rings. The Morgan fingerprint density at radius 2 is 2.00 bits per heavy atom. The van der Waals surface area contributed by atoms with Crippen LogP contribution in [0.25, 0.3) is 10.8 Å². The minimum absolute atomic E-state index is 0.568. The Hall–Kier alpha value is -1.05. The van der Waals surface area contributed by atoms with Crippen LogP contribution in [0.2, 0.25) is 5.02 Å². The third-order valence-corrected chi connectivity index (χ3v) is 2.39. The molecule has 2 rings (SSSR count). The summed E-state index contributed by atoms with van der Waals surface area (Å²) in [7, 11) is 0. The number of fused-ring (bicyclic) bond motifs is 1. The third-order valence-electron chi connectivity index (χ3n) is 2.15. The summed E-state index contributed by atoms with van der Waals surface area (Å²) in [4.78, 5) is 0. The number of halogens is 1. The van der Waals surface area contributed by atoms with Gasteiger partial charge in [0.05, 0.1) is 0 Å². The third kappa shape index (κ3) is 1.53. The standard InChI is InChI=1S/C11H10ClN/c12-10-4-5-11-8(6-10)2-1-3-9(11)7-13/h1-6H,7,13H2. The fourth-order valence-corrected chi connectivity index (χ4v) is 1.68. The highest BCUT2D eigenvalue weighted by atomic mass is 35.5. The van der Waals surface area contributed by atoms with Crippen molar-refractivity contribution in [1.29, 1.82) is 0 Å². The van der Waals surface area contributed by atoms with Crippen molar-refractivity contribution in [3.63, 3.8) is 0 Å². The lowest BCUT2D eigenvalue weighted by molar-refractivity contribution is 1.09. The molecule has 0 amide bonds. The number of rotatable bonds is 1. The van der Waals surface area contributed by atoms with E-state index in [4.69, 9.17) is 17.3 Å². The van der Waals surface area contributed by atoms with E-state index in [2.05, 4.69) is 0 Å². The van der Waals surface area contributed by atoms with Crippen molar-refractivity contribution in [1.82, 2.24) is 0 Å². The van der Waals surface area contributed by atoms with Gasteiger partial charge in [0.1, 0.15) is 0 Å². The van der Waals surface area contributed by atoms with Crippen LogP contribution in [0.3, 0.4) is 0 Å². The minimum Gasteiger partial charge on any atom is -0.326 e. The van der Waals surface area contributed by atoms with E-state index in [9.17, 15) is 0 Å². The molecule has 0 saturated heterocycles. The first-order valence-corrected chi connectivity index (χ1v) is 4.56. The van der Waals surface area contributed by atoms with Gasteiger partial charge in [-0.25, -0.2) is 0 Å². The molecule has 0 saturated carbocycles. The monoisotopic (exact) mass is 191 g/mol. The second kappa shape index (κ2) is 3.36. The minimum atomic E-state index is 0.568. The van der Waals surface area contributed by atoms with Crippen LogP contribution in [0.5, 0.6) is 0 Å². The fourth-order valence-electron chi connectivity index (χ4n) is 1.50. The Labute approximate surface area is 82.1 Å². The summed E-state index contributed by atoms with van der Waals surface area (Å²) in [5.41, 5.74) is 6.78. The molecule has 0 radical (unpaired) electrons. The molecule has 0 unspecified atom stereocenters. The van der Waals surface area contributed by atoms with Gasteiger partial charge in [-0.1, -0.05) is 35.9 Å². The highest BCUT2D eigenvalue weighted by Crippen LogP contribution is 2.22. The summed E-state index contributed by atoms with van der Waals surface area (Å²) in [6, 6.07) is 11.9. The molecule has 0 aromatic heterocycles. The molecule has 2 aromatic carbocycles. The molecule has 0 aliphatic heterocycles. The molecular weight excluding hydrogens is 182 g/mol.